The zero-order valence-electron chi connectivity index (χ0n) is 13.2. The molecule has 0 saturated heterocycles. The Kier molecular flexibility index (Phi) is 4.84. The van der Waals surface area contributed by atoms with E-state index in [1.807, 2.05) is 20.8 Å². The molecule has 22 heavy (non-hydrogen) atoms. The first kappa shape index (κ1) is 16.9. The number of amides is 1. The number of pyridine rings is 1. The molecule has 1 aliphatic rings. The lowest BCUT2D eigenvalue weighted by molar-refractivity contribution is 0.0361. The van der Waals surface area contributed by atoms with E-state index in [2.05, 4.69) is 21.2 Å². The molecule has 122 valence electrons. The van der Waals surface area contributed by atoms with E-state index in [1.54, 1.807) is 13.2 Å². The fourth-order valence-corrected chi connectivity index (χ4v) is 2.62. The number of rotatable bonds is 3. The molecule has 0 radical (unpaired) electrons. The second kappa shape index (κ2) is 6.32. The van der Waals surface area contributed by atoms with Gasteiger partial charge in [-0.25, -0.2) is 4.79 Å². The van der Waals surface area contributed by atoms with E-state index in [4.69, 9.17) is 9.47 Å². The molecule has 2 rings (SSSR count). The van der Waals surface area contributed by atoms with Crippen LogP contribution < -0.4 is 15.6 Å². The molecule has 1 aliphatic carbocycles. The van der Waals surface area contributed by atoms with Crippen LogP contribution in [0.2, 0.25) is 0 Å². The van der Waals surface area contributed by atoms with Crippen LogP contribution in [-0.4, -0.2) is 28.4 Å². The van der Waals surface area contributed by atoms with Crippen molar-refractivity contribution < 1.29 is 14.3 Å². The third-order valence-electron chi connectivity index (χ3n) is 3.25. The van der Waals surface area contributed by atoms with E-state index < -0.39 is 11.7 Å². The SMILES string of the molecule is Cn1cc(Br)c(OC2CC(NC(=O)OC(C)(C)C)C2)cc1=O. The van der Waals surface area contributed by atoms with Gasteiger partial charge < -0.3 is 19.4 Å². The van der Waals surface area contributed by atoms with E-state index in [9.17, 15) is 9.59 Å². The van der Waals surface area contributed by atoms with Crippen LogP contribution in [0.25, 0.3) is 0 Å². The quantitative estimate of drug-likeness (QED) is 0.884. The van der Waals surface area contributed by atoms with Gasteiger partial charge in [-0.1, -0.05) is 0 Å². The van der Waals surface area contributed by atoms with Crippen molar-refractivity contribution in [2.24, 2.45) is 7.05 Å². The molecule has 1 N–H and O–H groups in total. The summed E-state index contributed by atoms with van der Waals surface area (Å²) >= 11 is 3.38. The molecule has 0 aromatic carbocycles. The summed E-state index contributed by atoms with van der Waals surface area (Å²) in [5.74, 6) is 0.531. The summed E-state index contributed by atoms with van der Waals surface area (Å²) in [5, 5.41) is 2.81. The smallest absolute Gasteiger partial charge is 0.407 e. The topological polar surface area (TPSA) is 69.6 Å². The van der Waals surface area contributed by atoms with Gasteiger partial charge in [0.2, 0.25) is 0 Å². The molecule has 6 nitrogen and oxygen atoms in total. The van der Waals surface area contributed by atoms with Gasteiger partial charge in [0.15, 0.2) is 0 Å². The number of nitrogens with zero attached hydrogens (tertiary/aromatic N) is 1. The summed E-state index contributed by atoms with van der Waals surface area (Å²) in [6.45, 7) is 5.48. The molecule has 1 amide bonds. The van der Waals surface area contributed by atoms with Crippen molar-refractivity contribution >= 4 is 22.0 Å². The summed E-state index contributed by atoms with van der Waals surface area (Å²) in [6, 6.07) is 1.50. The second-order valence-corrected chi connectivity index (χ2v) is 7.34. The monoisotopic (exact) mass is 372 g/mol. The first-order valence-corrected chi connectivity index (χ1v) is 7.96. The third-order valence-corrected chi connectivity index (χ3v) is 3.85. The van der Waals surface area contributed by atoms with Crippen molar-refractivity contribution in [1.29, 1.82) is 0 Å². The maximum atomic E-state index is 11.6. The van der Waals surface area contributed by atoms with Crippen molar-refractivity contribution in [3.05, 3.63) is 27.1 Å². The van der Waals surface area contributed by atoms with Gasteiger partial charge >= 0.3 is 6.09 Å². The van der Waals surface area contributed by atoms with Crippen LogP contribution >= 0.6 is 15.9 Å². The van der Waals surface area contributed by atoms with Gasteiger partial charge in [0.1, 0.15) is 17.5 Å². The Bertz CT molecular complexity index is 615. The van der Waals surface area contributed by atoms with Crippen LogP contribution in [0.15, 0.2) is 21.5 Å². The lowest BCUT2D eigenvalue weighted by Crippen LogP contribution is -2.50. The molecule has 7 heteroatoms. The van der Waals surface area contributed by atoms with Crippen LogP contribution in [0.1, 0.15) is 33.6 Å². The first-order chi connectivity index (χ1) is 10.1. The number of hydrogen-bond acceptors (Lipinski definition) is 4. The number of halogens is 1. The van der Waals surface area contributed by atoms with Crippen LogP contribution in [-0.2, 0) is 11.8 Å². The number of hydrogen-bond donors (Lipinski definition) is 1. The van der Waals surface area contributed by atoms with Crippen molar-refractivity contribution in [1.82, 2.24) is 9.88 Å². The Morgan fingerprint density at radius 1 is 1.41 bits per heavy atom. The van der Waals surface area contributed by atoms with Crippen LogP contribution in [0, 0.1) is 0 Å². The number of alkyl carbamates (subject to hydrolysis) is 1. The predicted molar refractivity (Wildman–Crippen MR) is 86.2 cm³/mol. The minimum absolute atomic E-state index is 0.0108. The van der Waals surface area contributed by atoms with Gasteiger partial charge in [0.25, 0.3) is 5.56 Å². The lowest BCUT2D eigenvalue weighted by atomic mass is 9.89. The fourth-order valence-electron chi connectivity index (χ4n) is 2.10. The summed E-state index contributed by atoms with van der Waals surface area (Å²) in [5.41, 5.74) is -0.625. The minimum Gasteiger partial charge on any atom is -0.489 e. The zero-order valence-corrected chi connectivity index (χ0v) is 14.8. The number of carbonyl (C=O) groups excluding carboxylic acids is 1. The molecule has 1 aromatic rings. The van der Waals surface area contributed by atoms with Gasteiger partial charge in [0.05, 0.1) is 4.47 Å². The van der Waals surface area contributed by atoms with Crippen LogP contribution in [0.5, 0.6) is 5.75 Å². The van der Waals surface area contributed by atoms with E-state index in [-0.39, 0.29) is 17.7 Å². The summed E-state index contributed by atoms with van der Waals surface area (Å²) in [6.07, 6.45) is 2.64. The third kappa shape index (κ3) is 4.50. The lowest BCUT2D eigenvalue weighted by Gasteiger charge is -2.36. The Labute approximate surface area is 137 Å². The molecule has 0 unspecified atom stereocenters. The zero-order chi connectivity index (χ0) is 16.5. The van der Waals surface area contributed by atoms with E-state index >= 15 is 0 Å². The molecule has 1 aromatic heterocycles. The van der Waals surface area contributed by atoms with Gasteiger partial charge in [-0.3, -0.25) is 4.79 Å². The largest absolute Gasteiger partial charge is 0.489 e. The normalized spacial score (nSPS) is 21.0. The second-order valence-electron chi connectivity index (χ2n) is 6.49. The Morgan fingerprint density at radius 3 is 2.64 bits per heavy atom. The van der Waals surface area contributed by atoms with Crippen molar-refractivity contribution in [3.8, 4) is 5.75 Å². The molecule has 1 saturated carbocycles. The Hall–Kier alpha value is -1.50. The van der Waals surface area contributed by atoms with Gasteiger partial charge in [0, 0.05) is 38.2 Å². The average molecular weight is 373 g/mol. The molecular weight excluding hydrogens is 352 g/mol. The number of ether oxygens (including phenoxy) is 2. The summed E-state index contributed by atoms with van der Waals surface area (Å²) in [4.78, 5) is 23.2. The van der Waals surface area contributed by atoms with Gasteiger partial charge in [-0.05, 0) is 36.7 Å². The van der Waals surface area contributed by atoms with E-state index in [0.29, 0.717) is 18.6 Å². The first-order valence-electron chi connectivity index (χ1n) is 7.16. The Balaban J connectivity index is 1.82. The summed E-state index contributed by atoms with van der Waals surface area (Å²) < 4.78 is 13.2. The fraction of sp³-hybridized carbons (Fsp3) is 0.600. The van der Waals surface area contributed by atoms with Crippen LogP contribution in [0.3, 0.4) is 0 Å². The minimum atomic E-state index is -0.501. The average Bonchev–Trinajstić information content (AvgIpc) is 2.30. The van der Waals surface area contributed by atoms with E-state index in [1.165, 1.54) is 10.6 Å². The highest BCUT2D eigenvalue weighted by atomic mass is 79.9. The van der Waals surface area contributed by atoms with Crippen molar-refractivity contribution in [2.75, 3.05) is 0 Å². The number of aryl methyl sites for hydroxylation is 1. The maximum absolute atomic E-state index is 11.6. The summed E-state index contributed by atoms with van der Waals surface area (Å²) in [7, 11) is 1.68. The molecule has 0 spiro atoms. The predicted octanol–water partition coefficient (Wildman–Crippen LogP) is 2.58. The number of carbonyl (C=O) groups is 1. The van der Waals surface area contributed by atoms with Gasteiger partial charge in [-0.2, -0.15) is 0 Å². The molecular formula is C15H21BrN2O4. The number of nitrogens with one attached hydrogen (secondary N) is 1. The molecule has 0 atom stereocenters. The van der Waals surface area contributed by atoms with E-state index in [0.717, 1.165) is 4.47 Å². The number of aromatic nitrogens is 1. The standard InChI is InChI=1S/C15H21BrN2O4/c1-15(2,3)22-14(20)17-9-5-10(6-9)21-12-7-13(19)18(4)8-11(12)16/h7-10H,5-6H2,1-4H3,(H,17,20). The van der Waals surface area contributed by atoms with Crippen LogP contribution in [0.4, 0.5) is 4.79 Å². The van der Waals surface area contributed by atoms with Gasteiger partial charge in [-0.15, -0.1) is 0 Å². The maximum Gasteiger partial charge on any atom is 0.407 e. The Morgan fingerprint density at radius 2 is 2.05 bits per heavy atom. The van der Waals surface area contributed by atoms with Crippen molar-refractivity contribution in [2.45, 2.75) is 51.4 Å². The highest BCUT2D eigenvalue weighted by Crippen LogP contribution is 2.30. The highest BCUT2D eigenvalue weighted by molar-refractivity contribution is 9.10. The molecule has 0 bridgehead atoms. The molecule has 0 aliphatic heterocycles. The van der Waals surface area contributed by atoms with Crippen molar-refractivity contribution in [3.63, 3.8) is 0 Å². The highest BCUT2D eigenvalue weighted by Gasteiger charge is 2.33. The molecule has 1 fully saturated rings. The molecule has 1 heterocycles.